The number of carbonyl (C=O) groups is 1. The van der Waals surface area contributed by atoms with E-state index >= 15 is 0 Å². The van der Waals surface area contributed by atoms with Crippen LogP contribution in [0.3, 0.4) is 0 Å². The number of nitrogens with zero attached hydrogens (tertiary/aromatic N) is 3. The van der Waals surface area contributed by atoms with Crippen LogP contribution in [0.4, 0.5) is 16.4 Å². The smallest absolute Gasteiger partial charge is 0.319 e. The number of benzene rings is 1. The first kappa shape index (κ1) is 18.9. The zero-order chi connectivity index (χ0) is 19.9. The van der Waals surface area contributed by atoms with Crippen LogP contribution in [-0.4, -0.2) is 32.7 Å². The number of nitrogens with one attached hydrogen (secondary N) is 3. The summed E-state index contributed by atoms with van der Waals surface area (Å²) in [4.78, 5) is 19.9. The lowest BCUT2D eigenvalue weighted by Crippen LogP contribution is -2.30. The summed E-state index contributed by atoms with van der Waals surface area (Å²) in [5.74, 6) is 6.19. The monoisotopic (exact) mass is 375 g/mol. The van der Waals surface area contributed by atoms with E-state index in [1.54, 1.807) is 18.5 Å². The molecule has 8 heteroatoms. The minimum absolute atomic E-state index is 0.209. The Morgan fingerprint density at radius 3 is 2.64 bits per heavy atom. The molecule has 0 aliphatic carbocycles. The van der Waals surface area contributed by atoms with Crippen molar-refractivity contribution in [1.29, 1.82) is 0 Å². The number of nitrogen functional groups attached to an aromatic ring is 1. The Kier molecular flexibility index (Phi) is 5.87. The number of aryl methyl sites for hydroxylation is 2. The zero-order valence-corrected chi connectivity index (χ0v) is 15.7. The molecule has 0 bridgehead atoms. The summed E-state index contributed by atoms with van der Waals surface area (Å²) in [6.45, 7) is 4.43. The molecule has 1 aromatic carbocycles. The fraction of sp³-hybridized carbons (Fsp3) is 0.200. The van der Waals surface area contributed by atoms with Crippen molar-refractivity contribution in [2.45, 2.75) is 20.3 Å². The van der Waals surface area contributed by atoms with Gasteiger partial charge in [-0.2, -0.15) is 5.10 Å². The van der Waals surface area contributed by atoms with E-state index in [1.807, 2.05) is 32.0 Å². The molecule has 2 aromatic heterocycles. The standard InChI is InChI=1S/C20H21N7O/c1-13-18(14(2)27-26-13)8-9-22-20(28)25-17-5-3-4-15(10-17)6-7-16-11-23-19(21)24-12-16/h3-5,10-12H,8-9H2,1-2H3,(H,26,27)(H2,21,23,24)(H2,22,25,28). The van der Waals surface area contributed by atoms with Crippen LogP contribution in [0.5, 0.6) is 0 Å². The summed E-state index contributed by atoms with van der Waals surface area (Å²) in [5, 5.41) is 12.8. The Morgan fingerprint density at radius 2 is 1.93 bits per heavy atom. The van der Waals surface area contributed by atoms with Crippen molar-refractivity contribution in [2.75, 3.05) is 17.6 Å². The average Bonchev–Trinajstić information content (AvgIpc) is 3.00. The molecule has 2 heterocycles. The van der Waals surface area contributed by atoms with Crippen LogP contribution >= 0.6 is 0 Å². The molecule has 0 spiro atoms. The van der Waals surface area contributed by atoms with Crippen molar-refractivity contribution in [3.8, 4) is 11.8 Å². The van der Waals surface area contributed by atoms with Gasteiger partial charge in [-0.05, 0) is 44.0 Å². The number of urea groups is 1. The highest BCUT2D eigenvalue weighted by Crippen LogP contribution is 2.11. The Labute approximate surface area is 163 Å². The van der Waals surface area contributed by atoms with Crippen molar-refractivity contribution >= 4 is 17.7 Å². The molecule has 28 heavy (non-hydrogen) atoms. The van der Waals surface area contributed by atoms with E-state index in [9.17, 15) is 4.79 Å². The van der Waals surface area contributed by atoms with Gasteiger partial charge in [-0.1, -0.05) is 17.9 Å². The van der Waals surface area contributed by atoms with Crippen LogP contribution < -0.4 is 16.4 Å². The van der Waals surface area contributed by atoms with Crippen molar-refractivity contribution in [2.24, 2.45) is 0 Å². The maximum Gasteiger partial charge on any atom is 0.319 e. The molecule has 5 N–H and O–H groups in total. The van der Waals surface area contributed by atoms with Crippen LogP contribution in [0.2, 0.25) is 0 Å². The highest BCUT2D eigenvalue weighted by Gasteiger charge is 2.07. The average molecular weight is 375 g/mol. The molecule has 0 atom stereocenters. The minimum Gasteiger partial charge on any atom is -0.368 e. The van der Waals surface area contributed by atoms with Crippen molar-refractivity contribution in [3.05, 3.63) is 64.7 Å². The number of amides is 2. The molecule has 0 aliphatic rings. The molecular formula is C20H21N7O. The number of aromatic amines is 1. The predicted octanol–water partition coefficient (Wildman–Crippen LogP) is 2.16. The number of rotatable bonds is 4. The van der Waals surface area contributed by atoms with Gasteiger partial charge >= 0.3 is 6.03 Å². The molecule has 3 rings (SSSR count). The van der Waals surface area contributed by atoms with E-state index in [0.717, 1.165) is 28.9 Å². The van der Waals surface area contributed by atoms with Gasteiger partial charge in [0.05, 0.1) is 11.3 Å². The number of H-pyrrole nitrogens is 1. The first-order valence-electron chi connectivity index (χ1n) is 8.76. The second-order valence-corrected chi connectivity index (χ2v) is 6.20. The van der Waals surface area contributed by atoms with E-state index in [1.165, 1.54) is 0 Å². The quantitative estimate of drug-likeness (QED) is 0.521. The van der Waals surface area contributed by atoms with Crippen LogP contribution in [-0.2, 0) is 6.42 Å². The molecule has 142 valence electrons. The van der Waals surface area contributed by atoms with E-state index in [0.29, 0.717) is 17.8 Å². The first-order chi connectivity index (χ1) is 13.5. The topological polar surface area (TPSA) is 122 Å². The molecule has 2 amide bonds. The lowest BCUT2D eigenvalue weighted by molar-refractivity contribution is 0.252. The van der Waals surface area contributed by atoms with E-state index in [-0.39, 0.29) is 12.0 Å². The SMILES string of the molecule is Cc1n[nH]c(C)c1CCNC(=O)Nc1cccc(C#Cc2cnc(N)nc2)c1. The van der Waals surface area contributed by atoms with Crippen molar-refractivity contribution in [3.63, 3.8) is 0 Å². The number of carbonyl (C=O) groups excluding carboxylic acids is 1. The maximum atomic E-state index is 12.1. The maximum absolute atomic E-state index is 12.1. The molecule has 8 nitrogen and oxygen atoms in total. The summed E-state index contributed by atoms with van der Waals surface area (Å²) in [5.41, 5.74) is 10.7. The van der Waals surface area contributed by atoms with Crippen LogP contribution in [0.15, 0.2) is 36.7 Å². The third-order valence-corrected chi connectivity index (χ3v) is 4.08. The van der Waals surface area contributed by atoms with Gasteiger partial charge in [-0.3, -0.25) is 5.10 Å². The number of anilines is 2. The highest BCUT2D eigenvalue weighted by molar-refractivity contribution is 5.89. The number of aromatic nitrogens is 4. The van der Waals surface area contributed by atoms with Crippen LogP contribution in [0.25, 0.3) is 0 Å². The molecule has 3 aromatic rings. The van der Waals surface area contributed by atoms with Crippen LogP contribution in [0.1, 0.15) is 28.1 Å². The molecule has 0 saturated heterocycles. The normalized spacial score (nSPS) is 10.1. The summed E-state index contributed by atoms with van der Waals surface area (Å²) >= 11 is 0. The third kappa shape index (κ3) is 5.08. The summed E-state index contributed by atoms with van der Waals surface area (Å²) in [6.07, 6.45) is 3.85. The molecular weight excluding hydrogens is 354 g/mol. The van der Waals surface area contributed by atoms with E-state index in [4.69, 9.17) is 5.73 Å². The van der Waals surface area contributed by atoms with Gasteiger partial charge in [0, 0.05) is 35.9 Å². The molecule has 0 radical (unpaired) electrons. The fourth-order valence-electron chi connectivity index (χ4n) is 2.64. The number of nitrogens with two attached hydrogens (primary N) is 1. The van der Waals surface area contributed by atoms with Gasteiger partial charge in [-0.25, -0.2) is 14.8 Å². The van der Waals surface area contributed by atoms with Gasteiger partial charge in [-0.15, -0.1) is 0 Å². The zero-order valence-electron chi connectivity index (χ0n) is 15.7. The lowest BCUT2D eigenvalue weighted by atomic mass is 10.1. The van der Waals surface area contributed by atoms with Gasteiger partial charge in [0.15, 0.2) is 0 Å². The summed E-state index contributed by atoms with van der Waals surface area (Å²) in [7, 11) is 0. The molecule has 0 aliphatic heterocycles. The van der Waals surface area contributed by atoms with Gasteiger partial charge in [0.2, 0.25) is 5.95 Å². The predicted molar refractivity (Wildman–Crippen MR) is 108 cm³/mol. The Morgan fingerprint density at radius 1 is 1.18 bits per heavy atom. The first-order valence-corrected chi connectivity index (χ1v) is 8.76. The summed E-state index contributed by atoms with van der Waals surface area (Å²) < 4.78 is 0. The minimum atomic E-state index is -0.268. The molecule has 0 fully saturated rings. The Hall–Kier alpha value is -3.86. The van der Waals surface area contributed by atoms with Crippen molar-refractivity contribution < 1.29 is 4.79 Å². The van der Waals surface area contributed by atoms with Gasteiger partial charge < -0.3 is 16.4 Å². The van der Waals surface area contributed by atoms with E-state index in [2.05, 4.69) is 42.6 Å². The lowest BCUT2D eigenvalue weighted by Gasteiger charge is -2.08. The third-order valence-electron chi connectivity index (χ3n) is 4.08. The number of hydrogen-bond acceptors (Lipinski definition) is 5. The number of hydrogen-bond donors (Lipinski definition) is 4. The van der Waals surface area contributed by atoms with Gasteiger partial charge in [0.25, 0.3) is 0 Å². The second kappa shape index (κ2) is 8.68. The molecule has 0 unspecified atom stereocenters. The largest absolute Gasteiger partial charge is 0.368 e. The second-order valence-electron chi connectivity index (χ2n) is 6.20. The Bertz CT molecular complexity index is 1010. The Balaban J connectivity index is 1.55. The van der Waals surface area contributed by atoms with Gasteiger partial charge in [0.1, 0.15) is 0 Å². The van der Waals surface area contributed by atoms with Crippen LogP contribution in [0, 0.1) is 25.7 Å². The van der Waals surface area contributed by atoms with Crippen molar-refractivity contribution in [1.82, 2.24) is 25.5 Å². The molecule has 0 saturated carbocycles. The summed E-state index contributed by atoms with van der Waals surface area (Å²) in [6, 6.07) is 7.03. The van der Waals surface area contributed by atoms with E-state index < -0.39 is 0 Å². The fourth-order valence-corrected chi connectivity index (χ4v) is 2.64. The highest BCUT2D eigenvalue weighted by atomic mass is 16.2.